The highest BCUT2D eigenvalue weighted by atomic mass is 35.5. The monoisotopic (exact) mass is 308 g/mol. The highest BCUT2D eigenvalue weighted by Crippen LogP contribution is 2.30. The largest absolute Gasteiger partial charge is 0.329 e. The van der Waals surface area contributed by atoms with Gasteiger partial charge in [-0.2, -0.15) is 5.10 Å². The molecule has 1 aliphatic rings. The third kappa shape index (κ3) is 3.10. The SMILES string of the molecule is Cc1c(S(=O)(=O)NC2(CN)CCCC2)cnn1C.Cl. The zero-order valence-corrected chi connectivity index (χ0v) is 12.9. The number of hydrogen-bond donors (Lipinski definition) is 2. The van der Waals surface area contributed by atoms with Crippen LogP contribution in [0.25, 0.3) is 0 Å². The van der Waals surface area contributed by atoms with E-state index in [2.05, 4.69) is 9.82 Å². The molecule has 3 N–H and O–H groups in total. The minimum atomic E-state index is -3.54. The molecule has 1 aromatic rings. The molecular formula is C11H21ClN4O2S. The molecule has 1 fully saturated rings. The van der Waals surface area contributed by atoms with Gasteiger partial charge in [0.2, 0.25) is 10.0 Å². The predicted octanol–water partition coefficient (Wildman–Crippen LogP) is 0.700. The fraction of sp³-hybridized carbons (Fsp3) is 0.727. The van der Waals surface area contributed by atoms with Crippen LogP contribution in [0.4, 0.5) is 0 Å². The van der Waals surface area contributed by atoms with Crippen molar-refractivity contribution in [2.75, 3.05) is 6.54 Å². The van der Waals surface area contributed by atoms with Crippen molar-refractivity contribution in [1.29, 1.82) is 0 Å². The second-order valence-corrected chi connectivity index (χ2v) is 6.67. The number of halogens is 1. The van der Waals surface area contributed by atoms with E-state index in [0.717, 1.165) is 25.7 Å². The van der Waals surface area contributed by atoms with Crippen LogP contribution in [-0.2, 0) is 17.1 Å². The maximum absolute atomic E-state index is 12.4. The summed E-state index contributed by atoms with van der Waals surface area (Å²) in [5, 5.41) is 3.97. The van der Waals surface area contributed by atoms with Crippen molar-refractivity contribution in [2.24, 2.45) is 12.8 Å². The summed E-state index contributed by atoms with van der Waals surface area (Å²) in [6.45, 7) is 2.08. The lowest BCUT2D eigenvalue weighted by molar-refractivity contribution is 0.399. The van der Waals surface area contributed by atoms with E-state index in [1.807, 2.05) is 0 Å². The van der Waals surface area contributed by atoms with Gasteiger partial charge < -0.3 is 5.73 Å². The summed E-state index contributed by atoms with van der Waals surface area (Å²) in [6, 6.07) is 0. The van der Waals surface area contributed by atoms with Crippen LogP contribution in [0.15, 0.2) is 11.1 Å². The molecule has 1 aromatic heterocycles. The van der Waals surface area contributed by atoms with Gasteiger partial charge in [0, 0.05) is 19.1 Å². The summed E-state index contributed by atoms with van der Waals surface area (Å²) in [5.74, 6) is 0. The van der Waals surface area contributed by atoms with Crippen LogP contribution in [0.5, 0.6) is 0 Å². The van der Waals surface area contributed by atoms with E-state index >= 15 is 0 Å². The van der Waals surface area contributed by atoms with Crippen molar-refractivity contribution in [3.63, 3.8) is 0 Å². The van der Waals surface area contributed by atoms with E-state index in [1.54, 1.807) is 18.7 Å². The maximum atomic E-state index is 12.4. The van der Waals surface area contributed by atoms with E-state index < -0.39 is 15.6 Å². The molecule has 0 unspecified atom stereocenters. The van der Waals surface area contributed by atoms with Crippen molar-refractivity contribution in [3.05, 3.63) is 11.9 Å². The Balaban J connectivity index is 0.00000180. The number of nitrogens with zero attached hydrogens (tertiary/aromatic N) is 2. The minimum absolute atomic E-state index is 0. The number of nitrogens with one attached hydrogen (secondary N) is 1. The van der Waals surface area contributed by atoms with Crippen LogP contribution in [0.2, 0.25) is 0 Å². The van der Waals surface area contributed by atoms with Gasteiger partial charge in [-0.3, -0.25) is 4.68 Å². The van der Waals surface area contributed by atoms with Crippen LogP contribution in [0, 0.1) is 6.92 Å². The Bertz CT molecular complexity index is 535. The van der Waals surface area contributed by atoms with Gasteiger partial charge in [0.15, 0.2) is 0 Å². The molecular weight excluding hydrogens is 288 g/mol. The number of rotatable bonds is 4. The molecule has 1 saturated carbocycles. The molecule has 0 bridgehead atoms. The van der Waals surface area contributed by atoms with Crippen LogP contribution < -0.4 is 10.5 Å². The smallest absolute Gasteiger partial charge is 0.244 e. The number of sulfonamides is 1. The fourth-order valence-electron chi connectivity index (χ4n) is 2.48. The van der Waals surface area contributed by atoms with E-state index in [-0.39, 0.29) is 17.3 Å². The molecule has 0 aromatic carbocycles. The van der Waals surface area contributed by atoms with Crippen LogP contribution in [0.1, 0.15) is 31.4 Å². The second kappa shape index (κ2) is 5.78. The zero-order chi connectivity index (χ0) is 13.4. The first-order chi connectivity index (χ1) is 8.40. The van der Waals surface area contributed by atoms with Crippen molar-refractivity contribution in [2.45, 2.75) is 43.0 Å². The Kier molecular flexibility index (Phi) is 5.00. The Morgan fingerprint density at radius 3 is 2.47 bits per heavy atom. The van der Waals surface area contributed by atoms with Gasteiger partial charge in [-0.25, -0.2) is 13.1 Å². The molecule has 19 heavy (non-hydrogen) atoms. The molecule has 110 valence electrons. The van der Waals surface area contributed by atoms with E-state index in [1.165, 1.54) is 6.20 Å². The lowest BCUT2D eigenvalue weighted by Gasteiger charge is -2.28. The number of hydrogen-bond acceptors (Lipinski definition) is 4. The van der Waals surface area contributed by atoms with Gasteiger partial charge in [-0.1, -0.05) is 12.8 Å². The lowest BCUT2D eigenvalue weighted by Crippen LogP contribution is -2.51. The van der Waals surface area contributed by atoms with Gasteiger partial charge in [0.25, 0.3) is 0 Å². The molecule has 6 nitrogen and oxygen atoms in total. The molecule has 0 saturated heterocycles. The maximum Gasteiger partial charge on any atom is 0.244 e. The third-order valence-corrected chi connectivity index (χ3v) is 5.46. The van der Waals surface area contributed by atoms with Crippen molar-refractivity contribution in [1.82, 2.24) is 14.5 Å². The third-order valence-electron chi connectivity index (χ3n) is 3.78. The van der Waals surface area contributed by atoms with Gasteiger partial charge in [-0.05, 0) is 19.8 Å². The highest BCUT2D eigenvalue weighted by Gasteiger charge is 2.37. The topological polar surface area (TPSA) is 90.0 Å². The first-order valence-electron chi connectivity index (χ1n) is 6.13. The molecule has 0 atom stereocenters. The Morgan fingerprint density at radius 1 is 1.47 bits per heavy atom. The molecule has 0 amide bonds. The second-order valence-electron chi connectivity index (χ2n) is 5.01. The van der Waals surface area contributed by atoms with Crippen LogP contribution in [0.3, 0.4) is 0 Å². The van der Waals surface area contributed by atoms with Gasteiger partial charge in [0.05, 0.1) is 11.9 Å². The Labute approximate surface area is 120 Å². The molecule has 2 rings (SSSR count). The van der Waals surface area contributed by atoms with Crippen molar-refractivity contribution < 1.29 is 8.42 Å². The quantitative estimate of drug-likeness (QED) is 0.857. The Morgan fingerprint density at radius 2 is 2.05 bits per heavy atom. The number of aromatic nitrogens is 2. The molecule has 1 heterocycles. The van der Waals surface area contributed by atoms with E-state index in [0.29, 0.717) is 12.2 Å². The summed E-state index contributed by atoms with van der Waals surface area (Å²) < 4.78 is 29.1. The molecule has 8 heteroatoms. The highest BCUT2D eigenvalue weighted by molar-refractivity contribution is 7.89. The van der Waals surface area contributed by atoms with E-state index in [9.17, 15) is 8.42 Å². The normalized spacial score (nSPS) is 18.3. The first kappa shape index (κ1) is 16.4. The van der Waals surface area contributed by atoms with Gasteiger partial charge in [-0.15, -0.1) is 12.4 Å². The summed E-state index contributed by atoms with van der Waals surface area (Å²) >= 11 is 0. The van der Waals surface area contributed by atoms with Crippen LogP contribution >= 0.6 is 12.4 Å². The lowest BCUT2D eigenvalue weighted by atomic mass is 10.0. The van der Waals surface area contributed by atoms with Crippen molar-refractivity contribution >= 4 is 22.4 Å². The summed E-state index contributed by atoms with van der Waals surface area (Å²) in [5.41, 5.74) is 5.91. The molecule has 1 aliphatic carbocycles. The van der Waals surface area contributed by atoms with Crippen LogP contribution in [-0.4, -0.2) is 30.3 Å². The standard InChI is InChI=1S/C11H20N4O2S.ClH/c1-9-10(7-13-15(9)2)18(16,17)14-11(8-12)5-3-4-6-11;/h7,14H,3-6,8,12H2,1-2H3;1H. The average molecular weight is 309 g/mol. The number of aryl methyl sites for hydroxylation is 1. The molecule has 0 aliphatic heterocycles. The molecule has 0 radical (unpaired) electrons. The fourth-order valence-corrected chi connectivity index (χ4v) is 4.16. The zero-order valence-electron chi connectivity index (χ0n) is 11.2. The average Bonchev–Trinajstić information content (AvgIpc) is 2.88. The van der Waals surface area contributed by atoms with E-state index in [4.69, 9.17) is 5.73 Å². The van der Waals surface area contributed by atoms with Gasteiger partial charge in [0.1, 0.15) is 4.90 Å². The Hall–Kier alpha value is -0.630. The number of nitrogens with two attached hydrogens (primary N) is 1. The summed E-state index contributed by atoms with van der Waals surface area (Å²) in [6.07, 6.45) is 5.04. The predicted molar refractivity (Wildman–Crippen MR) is 75.8 cm³/mol. The molecule has 0 spiro atoms. The summed E-state index contributed by atoms with van der Waals surface area (Å²) in [7, 11) is -1.81. The minimum Gasteiger partial charge on any atom is -0.329 e. The first-order valence-corrected chi connectivity index (χ1v) is 7.61. The summed E-state index contributed by atoms with van der Waals surface area (Å²) in [4.78, 5) is 0.240. The van der Waals surface area contributed by atoms with Gasteiger partial charge >= 0.3 is 0 Å². The van der Waals surface area contributed by atoms with Crippen molar-refractivity contribution in [3.8, 4) is 0 Å².